The Hall–Kier alpha value is -1.88. The summed E-state index contributed by atoms with van der Waals surface area (Å²) in [5, 5.41) is 11.7. The molecule has 0 aliphatic carbocycles. The predicted octanol–water partition coefficient (Wildman–Crippen LogP) is 3.04. The average Bonchev–Trinajstić information content (AvgIpc) is 2.49. The van der Waals surface area contributed by atoms with Gasteiger partial charge in [-0.05, 0) is 19.9 Å². The van der Waals surface area contributed by atoms with Crippen molar-refractivity contribution < 1.29 is 26.7 Å². The van der Waals surface area contributed by atoms with E-state index in [1.807, 2.05) is 13.0 Å². The number of hydrogen-bond acceptors (Lipinski definition) is 3. The minimum absolute atomic E-state index is 0.421. The van der Waals surface area contributed by atoms with Crippen molar-refractivity contribution in [1.82, 2.24) is 5.32 Å². The van der Waals surface area contributed by atoms with Crippen LogP contribution in [0.25, 0.3) is 0 Å². The van der Waals surface area contributed by atoms with Gasteiger partial charge in [0.1, 0.15) is 12.1 Å². The molecular formula is C13H13F5N2O. The molecule has 0 amide bonds. The third-order valence-electron chi connectivity index (χ3n) is 2.69. The van der Waals surface area contributed by atoms with E-state index in [-0.39, 0.29) is 0 Å². The summed E-state index contributed by atoms with van der Waals surface area (Å²) >= 11 is 0. The lowest BCUT2D eigenvalue weighted by atomic mass is 10.1. The Kier molecular flexibility index (Phi) is 5.49. The van der Waals surface area contributed by atoms with Gasteiger partial charge in [0, 0.05) is 0 Å². The van der Waals surface area contributed by atoms with Crippen LogP contribution in [0.15, 0.2) is 0 Å². The van der Waals surface area contributed by atoms with E-state index in [1.54, 1.807) is 0 Å². The minimum Gasteiger partial charge on any atom is -0.484 e. The Morgan fingerprint density at radius 1 is 1.05 bits per heavy atom. The van der Waals surface area contributed by atoms with Crippen LogP contribution < -0.4 is 10.1 Å². The zero-order valence-electron chi connectivity index (χ0n) is 11.4. The molecule has 0 fully saturated rings. The van der Waals surface area contributed by atoms with E-state index in [9.17, 15) is 22.0 Å². The summed E-state index contributed by atoms with van der Waals surface area (Å²) < 4.78 is 70.3. The highest BCUT2D eigenvalue weighted by Crippen LogP contribution is 2.29. The van der Waals surface area contributed by atoms with E-state index in [0.717, 1.165) is 0 Å². The van der Waals surface area contributed by atoms with Crippen LogP contribution in [0.1, 0.15) is 20.3 Å². The van der Waals surface area contributed by atoms with Crippen molar-refractivity contribution in [3.63, 3.8) is 0 Å². The zero-order valence-corrected chi connectivity index (χ0v) is 11.4. The van der Waals surface area contributed by atoms with Gasteiger partial charge in [-0.1, -0.05) is 6.92 Å². The van der Waals surface area contributed by atoms with Gasteiger partial charge >= 0.3 is 0 Å². The molecule has 1 aromatic carbocycles. The van der Waals surface area contributed by atoms with Gasteiger partial charge in [0.25, 0.3) is 0 Å². The molecule has 0 spiro atoms. The first-order valence-electron chi connectivity index (χ1n) is 6.08. The molecule has 1 N–H and O–H groups in total. The lowest BCUT2D eigenvalue weighted by molar-refractivity contribution is 0.208. The Labute approximate surface area is 118 Å². The third kappa shape index (κ3) is 3.61. The standard InChI is InChI=1S/C13H13F5N2O/c1-3-4-20-13(2,5-19)6-21-12-10(17)8(15)7(14)9(16)11(12)18/h20H,3-4,6H2,1-2H3. The number of hydrogen-bond donors (Lipinski definition) is 1. The van der Waals surface area contributed by atoms with E-state index in [2.05, 4.69) is 10.1 Å². The quantitative estimate of drug-likeness (QED) is 0.499. The monoisotopic (exact) mass is 308 g/mol. The number of rotatable bonds is 6. The number of nitrogens with zero attached hydrogens (tertiary/aromatic N) is 1. The fourth-order valence-electron chi connectivity index (χ4n) is 1.45. The smallest absolute Gasteiger partial charge is 0.206 e. The van der Waals surface area contributed by atoms with Crippen molar-refractivity contribution in [2.24, 2.45) is 0 Å². The molecule has 8 heteroatoms. The van der Waals surface area contributed by atoms with Crippen molar-refractivity contribution >= 4 is 0 Å². The number of nitrogens with one attached hydrogen (secondary N) is 1. The first-order chi connectivity index (χ1) is 9.77. The fraction of sp³-hybridized carbons (Fsp3) is 0.462. The van der Waals surface area contributed by atoms with E-state index in [1.165, 1.54) is 6.92 Å². The maximum Gasteiger partial charge on any atom is 0.206 e. The van der Waals surface area contributed by atoms with Crippen LogP contribution in [0.3, 0.4) is 0 Å². The van der Waals surface area contributed by atoms with Crippen LogP contribution >= 0.6 is 0 Å². The van der Waals surface area contributed by atoms with Gasteiger partial charge in [0.05, 0.1) is 6.07 Å². The molecule has 1 unspecified atom stereocenters. The highest BCUT2D eigenvalue weighted by Gasteiger charge is 2.30. The summed E-state index contributed by atoms with van der Waals surface area (Å²) in [7, 11) is 0. The van der Waals surface area contributed by atoms with Crippen LogP contribution in [0, 0.1) is 40.4 Å². The van der Waals surface area contributed by atoms with Crippen LogP contribution in [0.2, 0.25) is 0 Å². The van der Waals surface area contributed by atoms with Gasteiger partial charge < -0.3 is 4.74 Å². The van der Waals surface area contributed by atoms with Crippen molar-refractivity contribution in [3.8, 4) is 11.8 Å². The van der Waals surface area contributed by atoms with Crippen molar-refractivity contribution in [2.75, 3.05) is 13.2 Å². The average molecular weight is 308 g/mol. The largest absolute Gasteiger partial charge is 0.484 e. The highest BCUT2D eigenvalue weighted by molar-refractivity contribution is 5.30. The van der Waals surface area contributed by atoms with Crippen LogP contribution in [0.5, 0.6) is 5.75 Å². The number of halogens is 5. The first-order valence-corrected chi connectivity index (χ1v) is 6.08. The number of benzene rings is 1. The number of nitriles is 1. The summed E-state index contributed by atoms with van der Waals surface area (Å²) in [5.41, 5.74) is -1.32. The third-order valence-corrected chi connectivity index (χ3v) is 2.69. The second kappa shape index (κ2) is 6.72. The van der Waals surface area contributed by atoms with Gasteiger partial charge in [0.2, 0.25) is 29.1 Å². The normalized spacial score (nSPS) is 13.6. The van der Waals surface area contributed by atoms with E-state index < -0.39 is 47.0 Å². The number of ether oxygens (including phenoxy) is 1. The van der Waals surface area contributed by atoms with Gasteiger partial charge in [-0.25, -0.2) is 13.2 Å². The SMILES string of the molecule is CCCNC(C)(C#N)COc1c(F)c(F)c(F)c(F)c1F. The molecule has 1 atom stereocenters. The molecule has 0 aliphatic rings. The Morgan fingerprint density at radius 2 is 1.52 bits per heavy atom. The van der Waals surface area contributed by atoms with Crippen molar-refractivity contribution in [2.45, 2.75) is 25.8 Å². The molecule has 1 rings (SSSR count). The van der Waals surface area contributed by atoms with Gasteiger partial charge in [0.15, 0.2) is 5.75 Å². The van der Waals surface area contributed by atoms with E-state index in [4.69, 9.17) is 5.26 Å². The first kappa shape index (κ1) is 17.2. The maximum atomic E-state index is 13.4. The molecule has 0 radical (unpaired) electrons. The van der Waals surface area contributed by atoms with Crippen molar-refractivity contribution in [1.29, 1.82) is 5.26 Å². The van der Waals surface area contributed by atoms with Gasteiger partial charge in [-0.2, -0.15) is 14.0 Å². The van der Waals surface area contributed by atoms with Crippen LogP contribution in [0.4, 0.5) is 22.0 Å². The molecule has 3 nitrogen and oxygen atoms in total. The predicted molar refractivity (Wildman–Crippen MR) is 64.0 cm³/mol. The summed E-state index contributed by atoms with van der Waals surface area (Å²) in [6.45, 7) is 3.05. The van der Waals surface area contributed by atoms with E-state index in [0.29, 0.717) is 13.0 Å². The molecule has 0 aliphatic heterocycles. The lowest BCUT2D eigenvalue weighted by Gasteiger charge is -2.23. The second-order valence-electron chi connectivity index (χ2n) is 4.56. The summed E-state index contributed by atoms with van der Waals surface area (Å²) in [4.78, 5) is 0. The summed E-state index contributed by atoms with van der Waals surface area (Å²) in [5.74, 6) is -12.0. The minimum atomic E-state index is -2.26. The van der Waals surface area contributed by atoms with Crippen LogP contribution in [-0.4, -0.2) is 18.7 Å². The summed E-state index contributed by atoms with van der Waals surface area (Å²) in [6.07, 6.45) is 0.680. The highest BCUT2D eigenvalue weighted by atomic mass is 19.2. The topological polar surface area (TPSA) is 45.0 Å². The van der Waals surface area contributed by atoms with Gasteiger partial charge in [-0.3, -0.25) is 5.32 Å². The lowest BCUT2D eigenvalue weighted by Crippen LogP contribution is -2.46. The molecule has 0 saturated carbocycles. The van der Waals surface area contributed by atoms with E-state index >= 15 is 0 Å². The summed E-state index contributed by atoms with van der Waals surface area (Å²) in [6, 6.07) is 1.82. The Balaban J connectivity index is 3.02. The molecule has 116 valence electrons. The Morgan fingerprint density at radius 3 is 1.95 bits per heavy atom. The molecule has 0 bridgehead atoms. The molecule has 0 saturated heterocycles. The molecule has 0 aromatic heterocycles. The fourth-order valence-corrected chi connectivity index (χ4v) is 1.45. The molecule has 1 aromatic rings. The molecule has 0 heterocycles. The Bertz CT molecular complexity index is 544. The zero-order chi connectivity index (χ0) is 16.2. The van der Waals surface area contributed by atoms with Gasteiger partial charge in [-0.15, -0.1) is 0 Å². The molecule has 21 heavy (non-hydrogen) atoms. The second-order valence-corrected chi connectivity index (χ2v) is 4.56. The van der Waals surface area contributed by atoms with Crippen molar-refractivity contribution in [3.05, 3.63) is 29.1 Å². The van der Waals surface area contributed by atoms with Crippen LogP contribution in [-0.2, 0) is 0 Å². The molecular weight excluding hydrogens is 295 g/mol. The maximum absolute atomic E-state index is 13.4.